The van der Waals surface area contributed by atoms with Gasteiger partial charge in [0.2, 0.25) is 0 Å². The van der Waals surface area contributed by atoms with Gasteiger partial charge in [-0.05, 0) is 42.5 Å². The summed E-state index contributed by atoms with van der Waals surface area (Å²) >= 11 is 6.07. The highest BCUT2D eigenvalue weighted by atomic mass is 35.5. The summed E-state index contributed by atoms with van der Waals surface area (Å²) in [6.07, 6.45) is 0. The van der Waals surface area contributed by atoms with Gasteiger partial charge in [-0.3, -0.25) is 0 Å². The Bertz CT molecular complexity index is 526. The predicted molar refractivity (Wildman–Crippen MR) is 77.3 cm³/mol. The zero-order valence-corrected chi connectivity index (χ0v) is 11.1. The van der Waals surface area contributed by atoms with Crippen LogP contribution >= 0.6 is 11.6 Å². The van der Waals surface area contributed by atoms with Crippen LogP contribution in [-0.4, -0.2) is 14.2 Å². The van der Waals surface area contributed by atoms with Crippen molar-refractivity contribution in [1.82, 2.24) is 0 Å². The minimum Gasteiger partial charge on any atom is -0.495 e. The molecule has 0 saturated heterocycles. The van der Waals surface area contributed by atoms with Gasteiger partial charge in [-0.15, -0.1) is 0 Å². The lowest BCUT2D eigenvalue weighted by molar-refractivity contribution is 0.415. The monoisotopic (exact) mass is 262 g/mol. The van der Waals surface area contributed by atoms with Crippen molar-refractivity contribution in [2.24, 2.45) is 0 Å². The van der Waals surface area contributed by atoms with Crippen LogP contribution < -0.4 is 15.4 Å². The van der Waals surface area contributed by atoms with E-state index in [4.69, 9.17) is 16.3 Å². The van der Waals surface area contributed by atoms with Gasteiger partial charge in [0.05, 0.1) is 12.1 Å². The minimum atomic E-state index is 0.592. The quantitative estimate of drug-likeness (QED) is 0.869. The molecule has 0 aliphatic heterocycles. The average molecular weight is 263 g/mol. The first-order valence-corrected chi connectivity index (χ1v) is 5.99. The summed E-state index contributed by atoms with van der Waals surface area (Å²) < 4.78 is 5.11. The summed E-state index contributed by atoms with van der Waals surface area (Å²) in [7, 11) is 3.50. The highest BCUT2D eigenvalue weighted by Crippen LogP contribution is 2.29. The van der Waals surface area contributed by atoms with E-state index in [1.165, 1.54) is 0 Å². The van der Waals surface area contributed by atoms with Crippen molar-refractivity contribution < 1.29 is 4.74 Å². The molecule has 0 aliphatic carbocycles. The third-order valence-electron chi connectivity index (χ3n) is 2.61. The number of rotatable bonds is 4. The summed E-state index contributed by atoms with van der Waals surface area (Å²) in [5, 5.41) is 6.95. The van der Waals surface area contributed by atoms with Crippen LogP contribution in [0.1, 0.15) is 0 Å². The third-order valence-corrected chi connectivity index (χ3v) is 2.91. The number of anilines is 3. The molecule has 0 heterocycles. The molecule has 18 heavy (non-hydrogen) atoms. The molecule has 0 radical (unpaired) electrons. The topological polar surface area (TPSA) is 33.3 Å². The Morgan fingerprint density at radius 1 is 0.944 bits per heavy atom. The van der Waals surface area contributed by atoms with E-state index in [-0.39, 0.29) is 0 Å². The molecule has 4 heteroatoms. The van der Waals surface area contributed by atoms with Gasteiger partial charge in [-0.1, -0.05) is 11.6 Å². The lowest BCUT2D eigenvalue weighted by Crippen LogP contribution is -1.92. The maximum atomic E-state index is 6.07. The summed E-state index contributed by atoms with van der Waals surface area (Å²) in [5.41, 5.74) is 3.02. The standard InChI is InChI=1S/C14H15ClN2O/c1-16-10-3-5-11(6-4-10)17-12-7-8-14(18-2)13(15)9-12/h3-9,16-17H,1-2H3. The lowest BCUT2D eigenvalue weighted by Gasteiger charge is -2.09. The largest absolute Gasteiger partial charge is 0.495 e. The van der Waals surface area contributed by atoms with Crippen LogP contribution in [0.15, 0.2) is 42.5 Å². The Balaban J connectivity index is 2.15. The first-order valence-electron chi connectivity index (χ1n) is 5.61. The van der Waals surface area contributed by atoms with Gasteiger partial charge in [-0.2, -0.15) is 0 Å². The van der Waals surface area contributed by atoms with Gasteiger partial charge >= 0.3 is 0 Å². The molecular formula is C14H15ClN2O. The maximum Gasteiger partial charge on any atom is 0.137 e. The molecule has 3 nitrogen and oxygen atoms in total. The van der Waals surface area contributed by atoms with Gasteiger partial charge in [0.25, 0.3) is 0 Å². The third kappa shape index (κ3) is 2.87. The summed E-state index contributed by atoms with van der Waals surface area (Å²) in [5.74, 6) is 0.674. The summed E-state index contributed by atoms with van der Waals surface area (Å²) in [4.78, 5) is 0. The molecule has 0 saturated carbocycles. The molecule has 0 fully saturated rings. The van der Waals surface area contributed by atoms with Crippen molar-refractivity contribution in [3.05, 3.63) is 47.5 Å². The molecule has 2 N–H and O–H groups in total. The predicted octanol–water partition coefficient (Wildman–Crippen LogP) is 4.13. The molecule has 0 atom stereocenters. The van der Waals surface area contributed by atoms with Crippen LogP contribution in [0, 0.1) is 0 Å². The van der Waals surface area contributed by atoms with E-state index in [2.05, 4.69) is 10.6 Å². The van der Waals surface area contributed by atoms with Gasteiger partial charge in [0.1, 0.15) is 5.75 Å². The van der Waals surface area contributed by atoms with Crippen LogP contribution in [0.2, 0.25) is 5.02 Å². The molecule has 0 unspecified atom stereocenters. The number of halogens is 1. The van der Waals surface area contributed by atoms with Crippen molar-refractivity contribution >= 4 is 28.7 Å². The number of hydrogen-bond donors (Lipinski definition) is 2. The second kappa shape index (κ2) is 5.65. The SMILES string of the molecule is CNc1ccc(Nc2ccc(OC)c(Cl)c2)cc1. The second-order valence-electron chi connectivity index (χ2n) is 3.80. The maximum absolute atomic E-state index is 6.07. The van der Waals surface area contributed by atoms with Crippen LogP contribution in [-0.2, 0) is 0 Å². The molecule has 0 spiro atoms. The Hall–Kier alpha value is -1.87. The fourth-order valence-corrected chi connectivity index (χ4v) is 1.89. The van der Waals surface area contributed by atoms with Crippen LogP contribution in [0.3, 0.4) is 0 Å². The Kier molecular flexibility index (Phi) is 3.95. The van der Waals surface area contributed by atoms with Crippen molar-refractivity contribution in [3.8, 4) is 5.75 Å². The molecule has 0 amide bonds. The Morgan fingerprint density at radius 3 is 2.11 bits per heavy atom. The van der Waals surface area contributed by atoms with Crippen molar-refractivity contribution in [2.45, 2.75) is 0 Å². The lowest BCUT2D eigenvalue weighted by atomic mass is 10.2. The van der Waals surface area contributed by atoms with E-state index < -0.39 is 0 Å². The van der Waals surface area contributed by atoms with E-state index in [9.17, 15) is 0 Å². The summed E-state index contributed by atoms with van der Waals surface area (Å²) in [6, 6.07) is 13.6. The number of nitrogens with one attached hydrogen (secondary N) is 2. The van der Waals surface area contributed by atoms with Crippen molar-refractivity contribution in [1.29, 1.82) is 0 Å². The smallest absolute Gasteiger partial charge is 0.137 e. The molecule has 2 aromatic carbocycles. The molecular weight excluding hydrogens is 248 g/mol. The molecule has 0 aromatic heterocycles. The number of hydrogen-bond acceptors (Lipinski definition) is 3. The normalized spacial score (nSPS) is 9.94. The minimum absolute atomic E-state index is 0.592. The van der Waals surface area contributed by atoms with Gasteiger partial charge < -0.3 is 15.4 Å². The van der Waals surface area contributed by atoms with Crippen molar-refractivity contribution in [3.63, 3.8) is 0 Å². The molecule has 2 aromatic rings. The van der Waals surface area contributed by atoms with E-state index >= 15 is 0 Å². The second-order valence-corrected chi connectivity index (χ2v) is 4.21. The van der Waals surface area contributed by atoms with Crippen LogP contribution in [0.5, 0.6) is 5.75 Å². The van der Waals surface area contributed by atoms with Crippen LogP contribution in [0.25, 0.3) is 0 Å². The summed E-state index contributed by atoms with van der Waals surface area (Å²) in [6.45, 7) is 0. The zero-order chi connectivity index (χ0) is 13.0. The molecule has 0 aliphatic rings. The first-order chi connectivity index (χ1) is 8.72. The van der Waals surface area contributed by atoms with E-state index in [1.807, 2.05) is 49.5 Å². The van der Waals surface area contributed by atoms with E-state index in [1.54, 1.807) is 7.11 Å². The number of benzene rings is 2. The number of methoxy groups -OCH3 is 1. The highest BCUT2D eigenvalue weighted by molar-refractivity contribution is 6.32. The Labute approximate surface area is 112 Å². The number of ether oxygens (including phenoxy) is 1. The van der Waals surface area contributed by atoms with E-state index in [0.717, 1.165) is 17.1 Å². The van der Waals surface area contributed by atoms with Crippen molar-refractivity contribution in [2.75, 3.05) is 24.8 Å². The molecule has 94 valence electrons. The molecule has 0 bridgehead atoms. The first kappa shape index (κ1) is 12.6. The fraction of sp³-hybridized carbons (Fsp3) is 0.143. The van der Waals surface area contributed by atoms with Crippen LogP contribution in [0.4, 0.5) is 17.1 Å². The van der Waals surface area contributed by atoms with Gasteiger partial charge in [0, 0.05) is 24.1 Å². The fourth-order valence-electron chi connectivity index (χ4n) is 1.63. The Morgan fingerprint density at radius 2 is 1.56 bits per heavy atom. The highest BCUT2D eigenvalue weighted by Gasteiger charge is 2.02. The van der Waals surface area contributed by atoms with Gasteiger partial charge in [0.15, 0.2) is 0 Å². The average Bonchev–Trinajstić information content (AvgIpc) is 2.40. The zero-order valence-electron chi connectivity index (χ0n) is 10.3. The van der Waals surface area contributed by atoms with E-state index in [0.29, 0.717) is 10.8 Å². The molecule has 2 rings (SSSR count). The van der Waals surface area contributed by atoms with Gasteiger partial charge in [-0.25, -0.2) is 0 Å².